The maximum atomic E-state index is 4.66. The molecule has 0 radical (unpaired) electrons. The molecule has 1 N–H and O–H groups in total. The highest BCUT2D eigenvalue weighted by Crippen LogP contribution is 2.31. The zero-order chi connectivity index (χ0) is 14.7. The molecule has 0 saturated carbocycles. The number of nitrogens with zero attached hydrogens (tertiary/aromatic N) is 3. The first-order valence-corrected chi connectivity index (χ1v) is 8.06. The van der Waals surface area contributed by atoms with E-state index in [0.717, 1.165) is 31.2 Å². The lowest BCUT2D eigenvalue weighted by Crippen LogP contribution is -2.44. The van der Waals surface area contributed by atoms with Gasteiger partial charge in [-0.05, 0) is 45.6 Å². The molecule has 0 aromatic carbocycles. The number of anilines is 1. The second-order valence-corrected chi connectivity index (χ2v) is 6.24. The Morgan fingerprint density at radius 3 is 2.80 bits per heavy atom. The van der Waals surface area contributed by atoms with Gasteiger partial charge in [-0.3, -0.25) is 4.68 Å². The first-order valence-electron chi connectivity index (χ1n) is 8.06. The Labute approximate surface area is 123 Å². The summed E-state index contributed by atoms with van der Waals surface area (Å²) >= 11 is 0. The van der Waals surface area contributed by atoms with Gasteiger partial charge >= 0.3 is 0 Å². The number of piperidine rings is 1. The summed E-state index contributed by atoms with van der Waals surface area (Å²) in [6.45, 7) is 12.2. The van der Waals surface area contributed by atoms with E-state index in [2.05, 4.69) is 54.7 Å². The summed E-state index contributed by atoms with van der Waals surface area (Å²) < 4.78 is 2.08. The summed E-state index contributed by atoms with van der Waals surface area (Å²) in [5, 5.41) is 8.19. The van der Waals surface area contributed by atoms with E-state index in [1.807, 2.05) is 0 Å². The van der Waals surface area contributed by atoms with Crippen molar-refractivity contribution in [2.45, 2.75) is 59.5 Å². The third kappa shape index (κ3) is 3.00. The highest BCUT2D eigenvalue weighted by Gasteiger charge is 2.29. The van der Waals surface area contributed by atoms with E-state index in [1.54, 1.807) is 0 Å². The Balaban J connectivity index is 2.25. The van der Waals surface area contributed by atoms with Crippen LogP contribution in [0.3, 0.4) is 0 Å². The molecule has 0 amide bonds. The summed E-state index contributed by atoms with van der Waals surface area (Å²) in [4.78, 5) is 2.57. The SMILES string of the molecule is CCCNCc1c(C)nn(C)c1N1CCCC(C)C1C. The van der Waals surface area contributed by atoms with Crippen LogP contribution in [0.1, 0.15) is 51.3 Å². The molecule has 2 rings (SSSR count). The molecule has 4 heteroatoms. The van der Waals surface area contributed by atoms with Crippen molar-refractivity contribution in [2.24, 2.45) is 13.0 Å². The molecule has 0 bridgehead atoms. The van der Waals surface area contributed by atoms with Gasteiger partial charge in [-0.25, -0.2) is 0 Å². The molecule has 1 saturated heterocycles. The molecule has 1 aliphatic heterocycles. The van der Waals surface area contributed by atoms with Gasteiger partial charge in [-0.15, -0.1) is 0 Å². The Kier molecular flexibility index (Phi) is 5.08. The molecule has 1 fully saturated rings. The van der Waals surface area contributed by atoms with E-state index < -0.39 is 0 Å². The lowest BCUT2D eigenvalue weighted by molar-refractivity contribution is 0.358. The fourth-order valence-corrected chi connectivity index (χ4v) is 3.28. The number of rotatable bonds is 5. The topological polar surface area (TPSA) is 33.1 Å². The van der Waals surface area contributed by atoms with E-state index in [4.69, 9.17) is 0 Å². The van der Waals surface area contributed by atoms with Crippen molar-refractivity contribution in [2.75, 3.05) is 18.0 Å². The van der Waals surface area contributed by atoms with Gasteiger partial charge in [-0.2, -0.15) is 5.10 Å². The molecule has 1 aromatic heterocycles. The molecule has 2 heterocycles. The van der Waals surface area contributed by atoms with E-state index in [-0.39, 0.29) is 0 Å². The van der Waals surface area contributed by atoms with Crippen molar-refractivity contribution < 1.29 is 0 Å². The molecule has 0 spiro atoms. The lowest BCUT2D eigenvalue weighted by atomic mass is 9.92. The second kappa shape index (κ2) is 6.61. The summed E-state index contributed by atoms with van der Waals surface area (Å²) in [6, 6.07) is 0.600. The molecule has 114 valence electrons. The quantitative estimate of drug-likeness (QED) is 0.841. The van der Waals surface area contributed by atoms with E-state index in [9.17, 15) is 0 Å². The van der Waals surface area contributed by atoms with E-state index >= 15 is 0 Å². The van der Waals surface area contributed by atoms with Crippen LogP contribution >= 0.6 is 0 Å². The molecule has 0 aliphatic carbocycles. The van der Waals surface area contributed by atoms with Crippen LogP contribution in [0.2, 0.25) is 0 Å². The largest absolute Gasteiger partial charge is 0.354 e. The molecular weight excluding hydrogens is 248 g/mol. The molecule has 2 unspecified atom stereocenters. The average Bonchev–Trinajstić information content (AvgIpc) is 2.68. The van der Waals surface area contributed by atoms with Gasteiger partial charge < -0.3 is 10.2 Å². The van der Waals surface area contributed by atoms with Gasteiger partial charge in [0.05, 0.1) is 5.69 Å². The fourth-order valence-electron chi connectivity index (χ4n) is 3.28. The maximum Gasteiger partial charge on any atom is 0.131 e. The lowest BCUT2D eigenvalue weighted by Gasteiger charge is -2.40. The first kappa shape index (κ1) is 15.4. The van der Waals surface area contributed by atoms with Gasteiger partial charge in [0.15, 0.2) is 0 Å². The highest BCUT2D eigenvalue weighted by molar-refractivity contribution is 5.51. The third-order valence-corrected chi connectivity index (χ3v) is 4.69. The molecule has 4 nitrogen and oxygen atoms in total. The van der Waals surface area contributed by atoms with Crippen LogP contribution in [-0.4, -0.2) is 28.9 Å². The van der Waals surface area contributed by atoms with Crippen molar-refractivity contribution >= 4 is 5.82 Å². The highest BCUT2D eigenvalue weighted by atomic mass is 15.4. The predicted octanol–water partition coefficient (Wildman–Crippen LogP) is 2.85. The summed E-state index contributed by atoms with van der Waals surface area (Å²) in [7, 11) is 2.08. The Bertz CT molecular complexity index is 438. The van der Waals surface area contributed by atoms with Crippen LogP contribution in [0.25, 0.3) is 0 Å². The van der Waals surface area contributed by atoms with Crippen LogP contribution in [0.5, 0.6) is 0 Å². The minimum atomic E-state index is 0.600. The molecule has 2 atom stereocenters. The Morgan fingerprint density at radius 2 is 2.10 bits per heavy atom. The zero-order valence-electron chi connectivity index (χ0n) is 13.7. The molecular formula is C16H30N4. The number of aryl methyl sites for hydroxylation is 2. The predicted molar refractivity (Wildman–Crippen MR) is 85.1 cm³/mol. The molecule has 1 aliphatic rings. The van der Waals surface area contributed by atoms with E-state index in [0.29, 0.717) is 6.04 Å². The van der Waals surface area contributed by atoms with Crippen molar-refractivity contribution in [3.8, 4) is 0 Å². The van der Waals surface area contributed by atoms with Crippen molar-refractivity contribution in [3.05, 3.63) is 11.3 Å². The zero-order valence-corrected chi connectivity index (χ0v) is 13.7. The smallest absolute Gasteiger partial charge is 0.131 e. The minimum Gasteiger partial charge on any atom is -0.354 e. The van der Waals surface area contributed by atoms with Gasteiger partial charge in [0.1, 0.15) is 5.82 Å². The van der Waals surface area contributed by atoms with Gasteiger partial charge in [-0.1, -0.05) is 13.8 Å². The second-order valence-electron chi connectivity index (χ2n) is 6.24. The summed E-state index contributed by atoms with van der Waals surface area (Å²) in [5.74, 6) is 2.08. The van der Waals surface area contributed by atoms with Crippen LogP contribution in [0.4, 0.5) is 5.82 Å². The summed E-state index contributed by atoms with van der Waals surface area (Å²) in [5.41, 5.74) is 2.54. The van der Waals surface area contributed by atoms with Crippen molar-refractivity contribution in [3.63, 3.8) is 0 Å². The Morgan fingerprint density at radius 1 is 1.35 bits per heavy atom. The van der Waals surface area contributed by atoms with E-state index in [1.165, 1.54) is 30.6 Å². The fraction of sp³-hybridized carbons (Fsp3) is 0.812. The van der Waals surface area contributed by atoms with Crippen molar-refractivity contribution in [1.82, 2.24) is 15.1 Å². The van der Waals surface area contributed by atoms with Crippen LogP contribution in [-0.2, 0) is 13.6 Å². The molecule has 1 aromatic rings. The van der Waals surface area contributed by atoms with Gasteiger partial charge in [0, 0.05) is 31.7 Å². The first-order chi connectivity index (χ1) is 9.56. The monoisotopic (exact) mass is 278 g/mol. The van der Waals surface area contributed by atoms with Crippen molar-refractivity contribution in [1.29, 1.82) is 0 Å². The number of hydrogen-bond donors (Lipinski definition) is 1. The minimum absolute atomic E-state index is 0.600. The van der Waals surface area contributed by atoms with Gasteiger partial charge in [0.2, 0.25) is 0 Å². The van der Waals surface area contributed by atoms with Gasteiger partial charge in [0.25, 0.3) is 0 Å². The van der Waals surface area contributed by atoms with Crippen LogP contribution < -0.4 is 10.2 Å². The normalized spacial score (nSPS) is 23.4. The third-order valence-electron chi connectivity index (χ3n) is 4.69. The van der Waals surface area contributed by atoms with Crippen LogP contribution in [0.15, 0.2) is 0 Å². The number of hydrogen-bond acceptors (Lipinski definition) is 3. The number of aromatic nitrogens is 2. The molecule has 20 heavy (non-hydrogen) atoms. The average molecular weight is 278 g/mol. The van der Waals surface area contributed by atoms with Crippen LogP contribution in [0, 0.1) is 12.8 Å². The number of nitrogens with one attached hydrogen (secondary N) is 1. The Hall–Kier alpha value is -1.03. The summed E-state index contributed by atoms with van der Waals surface area (Å²) in [6.07, 6.45) is 3.81. The standard InChI is InChI=1S/C16H30N4/c1-6-9-17-11-15-13(3)18-19(5)16(15)20-10-7-8-12(2)14(20)4/h12,14,17H,6-11H2,1-5H3. The maximum absolute atomic E-state index is 4.66.